The van der Waals surface area contributed by atoms with Gasteiger partial charge in [-0.3, -0.25) is 4.79 Å². The van der Waals surface area contributed by atoms with Crippen LogP contribution in [0.2, 0.25) is 0 Å². The first-order valence-corrected chi connectivity index (χ1v) is 7.12. The molecular formula is C17H20N2O2. The fourth-order valence-electron chi connectivity index (χ4n) is 2.29. The van der Waals surface area contributed by atoms with Crippen molar-refractivity contribution in [1.29, 1.82) is 0 Å². The summed E-state index contributed by atoms with van der Waals surface area (Å²) in [6.45, 7) is 5.81. The number of carboxylic acid groups (broad SMARTS) is 1. The third kappa shape index (κ3) is 3.88. The Bertz CT molecular complexity index is 636. The molecule has 0 spiro atoms. The van der Waals surface area contributed by atoms with Crippen LogP contribution in [-0.2, 0) is 17.6 Å². The quantitative estimate of drug-likeness (QED) is 0.916. The molecule has 0 aliphatic rings. The number of hydrogen-bond donors (Lipinski definition) is 1. The largest absolute Gasteiger partial charge is 0.481 e. The van der Waals surface area contributed by atoms with Crippen molar-refractivity contribution in [1.82, 2.24) is 9.97 Å². The van der Waals surface area contributed by atoms with Crippen molar-refractivity contribution in [3.8, 4) is 0 Å². The molecule has 1 aromatic heterocycles. The minimum absolute atomic E-state index is 0.440. The van der Waals surface area contributed by atoms with Crippen molar-refractivity contribution in [2.24, 2.45) is 0 Å². The summed E-state index contributed by atoms with van der Waals surface area (Å²) in [5.41, 5.74) is 3.64. The Morgan fingerprint density at radius 1 is 1.19 bits per heavy atom. The van der Waals surface area contributed by atoms with Crippen molar-refractivity contribution >= 4 is 5.97 Å². The first-order valence-electron chi connectivity index (χ1n) is 7.12. The smallest absolute Gasteiger partial charge is 0.312 e. The molecule has 0 aliphatic heterocycles. The van der Waals surface area contributed by atoms with Gasteiger partial charge in [0.05, 0.1) is 5.69 Å². The van der Waals surface area contributed by atoms with E-state index in [9.17, 15) is 9.90 Å². The normalized spacial score (nSPS) is 12.1. The highest BCUT2D eigenvalue weighted by Crippen LogP contribution is 2.21. The lowest BCUT2D eigenvalue weighted by molar-refractivity contribution is -0.138. The van der Waals surface area contributed by atoms with E-state index >= 15 is 0 Å². The molecule has 4 heteroatoms. The van der Waals surface area contributed by atoms with Gasteiger partial charge < -0.3 is 5.11 Å². The van der Waals surface area contributed by atoms with Gasteiger partial charge >= 0.3 is 5.97 Å². The van der Waals surface area contributed by atoms with Gasteiger partial charge in [0.2, 0.25) is 0 Å². The number of aryl methyl sites for hydroxylation is 3. The van der Waals surface area contributed by atoms with Gasteiger partial charge in [-0.05, 0) is 38.3 Å². The topological polar surface area (TPSA) is 63.1 Å². The van der Waals surface area contributed by atoms with Crippen LogP contribution < -0.4 is 0 Å². The van der Waals surface area contributed by atoms with Gasteiger partial charge in [-0.15, -0.1) is 0 Å². The molecule has 1 heterocycles. The van der Waals surface area contributed by atoms with Crippen LogP contribution >= 0.6 is 0 Å². The highest BCUT2D eigenvalue weighted by Gasteiger charge is 2.22. The van der Waals surface area contributed by atoms with E-state index in [1.807, 2.05) is 38.1 Å². The van der Waals surface area contributed by atoms with Crippen LogP contribution in [-0.4, -0.2) is 21.0 Å². The van der Waals surface area contributed by atoms with Crippen molar-refractivity contribution in [2.45, 2.75) is 39.5 Å². The lowest BCUT2D eigenvalue weighted by Gasteiger charge is -2.13. The van der Waals surface area contributed by atoms with Gasteiger partial charge in [0, 0.05) is 5.69 Å². The zero-order valence-corrected chi connectivity index (χ0v) is 12.6. The highest BCUT2D eigenvalue weighted by atomic mass is 16.4. The Balaban J connectivity index is 2.32. The standard InChI is InChI=1S/C17H20N2O2/c1-4-14-10-16(19-12(3)18-14)15(17(20)21)9-13-7-5-11(2)6-8-13/h5-8,10,15H,4,9H2,1-3H3,(H,20,21). The Morgan fingerprint density at radius 3 is 2.43 bits per heavy atom. The average Bonchev–Trinajstić information content (AvgIpc) is 2.45. The van der Waals surface area contributed by atoms with E-state index in [-0.39, 0.29) is 0 Å². The third-order valence-corrected chi connectivity index (χ3v) is 3.49. The number of benzene rings is 1. The number of carboxylic acids is 1. The monoisotopic (exact) mass is 284 g/mol. The lowest BCUT2D eigenvalue weighted by Crippen LogP contribution is -2.17. The molecule has 0 bridgehead atoms. The molecule has 1 unspecified atom stereocenters. The SMILES string of the molecule is CCc1cc(C(Cc2ccc(C)cc2)C(=O)O)nc(C)n1. The number of carbonyl (C=O) groups is 1. The fraction of sp³-hybridized carbons (Fsp3) is 0.353. The van der Waals surface area contributed by atoms with Crippen LogP contribution in [0.15, 0.2) is 30.3 Å². The molecule has 110 valence electrons. The first-order chi connectivity index (χ1) is 9.99. The van der Waals surface area contributed by atoms with Crippen LogP contribution in [0.3, 0.4) is 0 Å². The van der Waals surface area contributed by atoms with E-state index in [4.69, 9.17) is 0 Å². The number of hydrogen-bond acceptors (Lipinski definition) is 3. The van der Waals surface area contributed by atoms with Crippen LogP contribution in [0.1, 0.15) is 41.2 Å². The summed E-state index contributed by atoms with van der Waals surface area (Å²) >= 11 is 0. The molecule has 0 radical (unpaired) electrons. The summed E-state index contributed by atoms with van der Waals surface area (Å²) < 4.78 is 0. The van der Waals surface area contributed by atoms with Gasteiger partial charge in [0.15, 0.2) is 0 Å². The van der Waals surface area contributed by atoms with Gasteiger partial charge in [0.1, 0.15) is 11.7 Å². The second-order valence-electron chi connectivity index (χ2n) is 5.27. The molecule has 0 aliphatic carbocycles. The lowest BCUT2D eigenvalue weighted by atomic mass is 9.95. The predicted octanol–water partition coefficient (Wildman–Crippen LogP) is 3.07. The number of nitrogens with zero attached hydrogens (tertiary/aromatic N) is 2. The van der Waals surface area contributed by atoms with Crippen LogP contribution in [0.5, 0.6) is 0 Å². The second kappa shape index (κ2) is 6.48. The molecular weight excluding hydrogens is 264 g/mol. The molecule has 1 aromatic carbocycles. The number of aliphatic carboxylic acids is 1. The van der Waals surface area contributed by atoms with Crippen molar-refractivity contribution < 1.29 is 9.90 Å². The maximum Gasteiger partial charge on any atom is 0.312 e. The van der Waals surface area contributed by atoms with Gasteiger partial charge in [-0.1, -0.05) is 36.8 Å². The van der Waals surface area contributed by atoms with E-state index in [2.05, 4.69) is 9.97 Å². The zero-order valence-electron chi connectivity index (χ0n) is 12.6. The molecule has 21 heavy (non-hydrogen) atoms. The molecule has 4 nitrogen and oxygen atoms in total. The Kier molecular flexibility index (Phi) is 4.68. The molecule has 2 rings (SSSR count). The molecule has 2 aromatic rings. The number of rotatable bonds is 5. The van der Waals surface area contributed by atoms with Crippen molar-refractivity contribution in [3.05, 3.63) is 58.7 Å². The summed E-state index contributed by atoms with van der Waals surface area (Å²) in [4.78, 5) is 20.3. The van der Waals surface area contributed by atoms with E-state index in [0.29, 0.717) is 17.9 Å². The highest BCUT2D eigenvalue weighted by molar-refractivity contribution is 5.75. The van der Waals surface area contributed by atoms with E-state index in [1.54, 1.807) is 13.0 Å². The van der Waals surface area contributed by atoms with E-state index in [1.165, 1.54) is 0 Å². The van der Waals surface area contributed by atoms with Crippen LogP contribution in [0.25, 0.3) is 0 Å². The molecule has 0 saturated heterocycles. The third-order valence-electron chi connectivity index (χ3n) is 3.49. The van der Waals surface area contributed by atoms with Crippen molar-refractivity contribution in [3.63, 3.8) is 0 Å². The van der Waals surface area contributed by atoms with Crippen LogP contribution in [0.4, 0.5) is 0 Å². The summed E-state index contributed by atoms with van der Waals surface area (Å²) in [5, 5.41) is 9.54. The van der Waals surface area contributed by atoms with Gasteiger partial charge in [0.25, 0.3) is 0 Å². The minimum atomic E-state index is -0.851. The maximum atomic E-state index is 11.6. The van der Waals surface area contributed by atoms with Gasteiger partial charge in [-0.2, -0.15) is 0 Å². The van der Waals surface area contributed by atoms with Gasteiger partial charge in [-0.25, -0.2) is 9.97 Å². The van der Waals surface area contributed by atoms with E-state index in [0.717, 1.165) is 23.2 Å². The Morgan fingerprint density at radius 2 is 1.86 bits per heavy atom. The molecule has 0 saturated carbocycles. The Hall–Kier alpha value is -2.23. The molecule has 0 amide bonds. The molecule has 1 N–H and O–H groups in total. The van der Waals surface area contributed by atoms with E-state index < -0.39 is 11.9 Å². The van der Waals surface area contributed by atoms with Crippen LogP contribution in [0, 0.1) is 13.8 Å². The second-order valence-corrected chi connectivity index (χ2v) is 5.27. The average molecular weight is 284 g/mol. The number of aromatic nitrogens is 2. The van der Waals surface area contributed by atoms with Crippen molar-refractivity contribution in [2.75, 3.05) is 0 Å². The summed E-state index contributed by atoms with van der Waals surface area (Å²) in [6, 6.07) is 9.74. The fourth-order valence-corrected chi connectivity index (χ4v) is 2.29. The minimum Gasteiger partial charge on any atom is -0.481 e. The molecule has 0 fully saturated rings. The summed E-state index contributed by atoms with van der Waals surface area (Å²) in [7, 11) is 0. The summed E-state index contributed by atoms with van der Waals surface area (Å²) in [6.07, 6.45) is 1.21. The predicted molar refractivity (Wildman–Crippen MR) is 81.4 cm³/mol. The first kappa shape index (κ1) is 15.2. The Labute approximate surface area is 124 Å². The zero-order chi connectivity index (χ0) is 15.4. The molecule has 1 atom stereocenters. The summed E-state index contributed by atoms with van der Waals surface area (Å²) in [5.74, 6) is -0.866. The maximum absolute atomic E-state index is 11.6.